The molecule has 1 amide bonds. The summed E-state index contributed by atoms with van der Waals surface area (Å²) >= 11 is 0. The summed E-state index contributed by atoms with van der Waals surface area (Å²) < 4.78 is 9.97. The Morgan fingerprint density at radius 1 is 1.27 bits per heavy atom. The fourth-order valence-electron chi connectivity index (χ4n) is 3.26. The smallest absolute Gasteiger partial charge is 0.337 e. The first-order chi connectivity index (χ1) is 14.2. The van der Waals surface area contributed by atoms with Gasteiger partial charge in [0.25, 0.3) is 5.91 Å². The number of ether oxygens (including phenoxy) is 2. The summed E-state index contributed by atoms with van der Waals surface area (Å²) in [7, 11) is 1.32. The minimum atomic E-state index is -1.74. The first kappa shape index (κ1) is 23.5. The van der Waals surface area contributed by atoms with Gasteiger partial charge >= 0.3 is 5.97 Å². The number of hydrogen-bond donors (Lipinski definition) is 3. The Balaban J connectivity index is 2.01. The van der Waals surface area contributed by atoms with Crippen molar-refractivity contribution >= 4 is 17.7 Å². The van der Waals surface area contributed by atoms with E-state index in [1.807, 2.05) is 6.92 Å². The van der Waals surface area contributed by atoms with Crippen LogP contribution in [0.15, 0.2) is 59.3 Å². The van der Waals surface area contributed by atoms with Crippen molar-refractivity contribution < 1.29 is 34.1 Å². The van der Waals surface area contributed by atoms with Crippen LogP contribution >= 0.6 is 0 Å². The summed E-state index contributed by atoms with van der Waals surface area (Å²) in [6.07, 6.45) is 10.6. The number of carbonyl (C=O) groups is 3. The van der Waals surface area contributed by atoms with Crippen LogP contribution in [0.3, 0.4) is 0 Å². The van der Waals surface area contributed by atoms with Crippen LogP contribution in [0.1, 0.15) is 27.2 Å². The number of Topliss-reactive ketones (excluding diaryl/α,β-unsaturated/α-hetero) is 1. The number of nitrogens with one attached hydrogen (secondary N) is 1. The van der Waals surface area contributed by atoms with E-state index in [1.54, 1.807) is 56.4 Å². The number of amides is 1. The molecule has 162 valence electrons. The molecule has 0 unspecified atom stereocenters. The predicted octanol–water partition coefficient (Wildman–Crippen LogP) is 1.02. The van der Waals surface area contributed by atoms with Crippen molar-refractivity contribution in [3.63, 3.8) is 0 Å². The van der Waals surface area contributed by atoms with Gasteiger partial charge in [-0.1, -0.05) is 42.0 Å². The average molecular weight is 417 g/mol. The molecule has 2 saturated heterocycles. The van der Waals surface area contributed by atoms with E-state index in [0.717, 1.165) is 5.57 Å². The van der Waals surface area contributed by atoms with Gasteiger partial charge in [0.2, 0.25) is 11.4 Å². The van der Waals surface area contributed by atoms with Crippen LogP contribution < -0.4 is 5.32 Å². The number of allylic oxidation sites excluding steroid dienone is 7. The van der Waals surface area contributed by atoms with Gasteiger partial charge in [-0.2, -0.15) is 0 Å². The number of hydrogen-bond acceptors (Lipinski definition) is 7. The molecular formula is C22H27NO7. The van der Waals surface area contributed by atoms with Crippen molar-refractivity contribution in [3.05, 3.63) is 59.3 Å². The number of carbonyl (C=O) groups excluding carboxylic acids is 3. The maximum atomic E-state index is 12.7. The lowest BCUT2D eigenvalue weighted by molar-refractivity contribution is -0.138. The number of morpholine rings is 1. The predicted molar refractivity (Wildman–Crippen MR) is 109 cm³/mol. The van der Waals surface area contributed by atoms with Crippen molar-refractivity contribution in [2.75, 3.05) is 13.7 Å². The highest BCUT2D eigenvalue weighted by atomic mass is 16.6. The van der Waals surface area contributed by atoms with Gasteiger partial charge in [-0.25, -0.2) is 4.79 Å². The lowest BCUT2D eigenvalue weighted by Gasteiger charge is -2.22. The number of rotatable bonds is 9. The number of aliphatic hydroxyl groups is 2. The third kappa shape index (κ3) is 4.51. The zero-order valence-electron chi connectivity index (χ0n) is 17.5. The molecule has 0 bridgehead atoms. The Kier molecular flexibility index (Phi) is 7.30. The zero-order valence-corrected chi connectivity index (χ0v) is 17.5. The molecule has 0 saturated carbocycles. The zero-order chi connectivity index (χ0) is 22.5. The molecule has 0 spiro atoms. The number of epoxide rings is 1. The summed E-state index contributed by atoms with van der Waals surface area (Å²) in [6.45, 7) is 4.78. The van der Waals surface area contributed by atoms with Gasteiger partial charge in [0.05, 0.1) is 12.7 Å². The third-order valence-corrected chi connectivity index (χ3v) is 4.95. The maximum Gasteiger partial charge on any atom is 0.337 e. The molecule has 0 aromatic rings. The van der Waals surface area contributed by atoms with Crippen LogP contribution in [0.25, 0.3) is 0 Å². The van der Waals surface area contributed by atoms with Crippen molar-refractivity contribution in [2.45, 2.75) is 44.6 Å². The number of esters is 1. The molecule has 2 aliphatic rings. The largest absolute Gasteiger partial charge is 0.465 e. The Bertz CT molecular complexity index is 880. The highest BCUT2D eigenvalue weighted by Gasteiger charge is 2.80. The Morgan fingerprint density at radius 2 is 1.97 bits per heavy atom. The summed E-state index contributed by atoms with van der Waals surface area (Å²) in [5, 5.41) is 21.7. The van der Waals surface area contributed by atoms with E-state index < -0.39 is 35.1 Å². The quantitative estimate of drug-likeness (QED) is 0.168. The molecule has 0 aromatic carbocycles. The lowest BCUT2D eigenvalue weighted by Crippen LogP contribution is -2.48. The van der Waals surface area contributed by atoms with Gasteiger partial charge in [0, 0.05) is 13.0 Å². The molecule has 0 aromatic heterocycles. The second kappa shape index (κ2) is 9.34. The third-order valence-electron chi connectivity index (χ3n) is 4.95. The summed E-state index contributed by atoms with van der Waals surface area (Å²) in [4.78, 5) is 36.5. The van der Waals surface area contributed by atoms with Crippen LogP contribution in [-0.2, 0) is 23.9 Å². The van der Waals surface area contributed by atoms with E-state index in [-0.39, 0.29) is 13.0 Å². The lowest BCUT2D eigenvalue weighted by atomic mass is 9.92. The number of fused-ring (bicyclic) bond motifs is 1. The standard InChI is InChI=1S/C22H27NO7/c1-5-16(18(26)29-4)13-14(2)9-7-6-8-10-15(3)17(25)22-19(30-22)21(28,11-12-24)23-20(22)27/h5-10,13,19,24,28H,11-12H2,1-4H3,(H,23,27)/b8-6-,9-7+,14-13+,15-10+,16-5+/t19-,21+,22-/m0/s1. The van der Waals surface area contributed by atoms with Crippen LogP contribution in [0.4, 0.5) is 0 Å². The molecule has 2 rings (SSSR count). The summed E-state index contributed by atoms with van der Waals surface area (Å²) in [6, 6.07) is 0. The van der Waals surface area contributed by atoms with E-state index in [4.69, 9.17) is 9.84 Å². The van der Waals surface area contributed by atoms with Gasteiger partial charge in [0.15, 0.2) is 11.8 Å². The van der Waals surface area contributed by atoms with Crippen molar-refractivity contribution in [2.24, 2.45) is 0 Å². The summed E-state index contributed by atoms with van der Waals surface area (Å²) in [5.41, 5.74) is -1.89. The van der Waals surface area contributed by atoms with Crippen LogP contribution in [-0.4, -0.2) is 59.0 Å². The molecule has 8 nitrogen and oxygen atoms in total. The van der Waals surface area contributed by atoms with Crippen molar-refractivity contribution in [1.29, 1.82) is 0 Å². The van der Waals surface area contributed by atoms with Crippen LogP contribution in [0, 0.1) is 0 Å². The second-order valence-corrected chi connectivity index (χ2v) is 7.13. The Hall–Kier alpha value is -2.81. The minimum Gasteiger partial charge on any atom is -0.465 e. The molecule has 0 aliphatic carbocycles. The van der Waals surface area contributed by atoms with E-state index in [0.29, 0.717) is 11.1 Å². The molecular weight excluding hydrogens is 390 g/mol. The van der Waals surface area contributed by atoms with Crippen molar-refractivity contribution in [3.8, 4) is 0 Å². The van der Waals surface area contributed by atoms with Gasteiger partial charge in [-0.3, -0.25) is 9.59 Å². The average Bonchev–Trinajstić information content (AvgIpc) is 3.44. The molecule has 3 atom stereocenters. The molecule has 30 heavy (non-hydrogen) atoms. The van der Waals surface area contributed by atoms with Gasteiger partial charge in [-0.15, -0.1) is 0 Å². The number of methoxy groups -OCH3 is 1. The molecule has 2 aliphatic heterocycles. The Labute approximate surface area is 175 Å². The molecule has 2 heterocycles. The molecule has 2 fully saturated rings. The first-order valence-electron chi connectivity index (χ1n) is 9.49. The van der Waals surface area contributed by atoms with E-state index >= 15 is 0 Å². The maximum absolute atomic E-state index is 12.7. The monoisotopic (exact) mass is 417 g/mol. The number of ketones is 1. The normalized spacial score (nSPS) is 29.3. The van der Waals surface area contributed by atoms with E-state index in [9.17, 15) is 19.5 Å². The van der Waals surface area contributed by atoms with Gasteiger partial charge in [-0.05, 0) is 32.4 Å². The fourth-order valence-corrected chi connectivity index (χ4v) is 3.26. The van der Waals surface area contributed by atoms with Crippen molar-refractivity contribution in [1.82, 2.24) is 5.32 Å². The SMILES string of the molecule is C\C=C(/C=C(C)/C=C/C=C\C=C(/C)C(=O)[C@]12O[C@H]1[C@](O)(CCO)NC2=O)C(=O)OC. The summed E-state index contributed by atoms with van der Waals surface area (Å²) in [5.74, 6) is -1.64. The fraction of sp³-hybridized carbons (Fsp3) is 0.409. The molecule has 3 N–H and O–H groups in total. The minimum absolute atomic E-state index is 0.121. The second-order valence-electron chi connectivity index (χ2n) is 7.13. The number of aliphatic hydroxyl groups excluding tert-OH is 1. The van der Waals surface area contributed by atoms with E-state index in [2.05, 4.69) is 10.1 Å². The van der Waals surface area contributed by atoms with Gasteiger partial charge in [0.1, 0.15) is 0 Å². The molecule has 8 heteroatoms. The van der Waals surface area contributed by atoms with Crippen LogP contribution in [0.2, 0.25) is 0 Å². The first-order valence-corrected chi connectivity index (χ1v) is 9.49. The van der Waals surface area contributed by atoms with E-state index in [1.165, 1.54) is 7.11 Å². The highest BCUT2D eigenvalue weighted by molar-refractivity contribution is 6.21. The highest BCUT2D eigenvalue weighted by Crippen LogP contribution is 2.50. The van der Waals surface area contributed by atoms with Crippen LogP contribution in [0.5, 0.6) is 0 Å². The topological polar surface area (TPSA) is 125 Å². The Morgan fingerprint density at radius 3 is 2.53 bits per heavy atom. The molecule has 0 radical (unpaired) electrons. The van der Waals surface area contributed by atoms with Gasteiger partial charge < -0.3 is 25.0 Å².